The lowest BCUT2D eigenvalue weighted by Crippen LogP contribution is -2.42. The van der Waals surface area contributed by atoms with Crippen LogP contribution >= 0.6 is 0 Å². The van der Waals surface area contributed by atoms with Gasteiger partial charge in [-0.25, -0.2) is 9.97 Å². The third-order valence-corrected chi connectivity index (χ3v) is 2.15. The predicted octanol–water partition coefficient (Wildman–Crippen LogP) is 0.630. The van der Waals surface area contributed by atoms with Crippen molar-refractivity contribution in [3.05, 3.63) is 12.4 Å². The average Bonchev–Trinajstić information content (AvgIpc) is 2.08. The Morgan fingerprint density at radius 3 is 2.36 bits per heavy atom. The van der Waals surface area contributed by atoms with Gasteiger partial charge in [0, 0.05) is 0 Å². The number of aliphatic hydroxyl groups excluding tert-OH is 1. The van der Waals surface area contributed by atoms with Gasteiger partial charge in [-0.3, -0.25) is 0 Å². The van der Waals surface area contributed by atoms with Gasteiger partial charge in [-0.05, 0) is 20.8 Å². The van der Waals surface area contributed by atoms with E-state index in [-0.39, 0.29) is 0 Å². The van der Waals surface area contributed by atoms with Crippen molar-refractivity contribution >= 4 is 11.6 Å². The molecule has 0 fully saturated rings. The summed E-state index contributed by atoms with van der Waals surface area (Å²) in [4.78, 5) is 7.98. The van der Waals surface area contributed by atoms with Crippen LogP contribution in [0.25, 0.3) is 0 Å². The van der Waals surface area contributed by atoms with Crippen LogP contribution in [0.1, 0.15) is 20.8 Å². The summed E-state index contributed by atoms with van der Waals surface area (Å²) in [6, 6.07) is 0. The molecule has 1 heterocycles. The van der Waals surface area contributed by atoms with Gasteiger partial charge in [0.05, 0.1) is 29.7 Å². The van der Waals surface area contributed by atoms with Gasteiger partial charge in [0.1, 0.15) is 0 Å². The Morgan fingerprint density at radius 2 is 1.93 bits per heavy atom. The van der Waals surface area contributed by atoms with Gasteiger partial charge in [0.25, 0.3) is 0 Å². The third-order valence-electron chi connectivity index (χ3n) is 2.15. The number of nitrogens with one attached hydrogen (secondary N) is 1. The summed E-state index contributed by atoms with van der Waals surface area (Å²) in [7, 11) is 0. The number of aromatic nitrogens is 2. The second kappa shape index (κ2) is 3.79. The van der Waals surface area contributed by atoms with Gasteiger partial charge in [0.15, 0.2) is 0 Å². The molecule has 0 aromatic carbocycles. The van der Waals surface area contributed by atoms with Crippen LogP contribution in [0.3, 0.4) is 0 Å². The van der Waals surface area contributed by atoms with Gasteiger partial charge in [0.2, 0.25) is 5.95 Å². The standard InChI is InChI=1S/C9H16N4O/c1-6(14)9(2,3)13-8-11-4-7(10)5-12-8/h4-6,14H,10H2,1-3H3,(H,11,12,13). The molecule has 0 aliphatic heterocycles. The monoisotopic (exact) mass is 196 g/mol. The first-order valence-electron chi connectivity index (χ1n) is 4.45. The maximum atomic E-state index is 9.45. The van der Waals surface area contributed by atoms with E-state index in [0.717, 1.165) is 0 Å². The van der Waals surface area contributed by atoms with Crippen molar-refractivity contribution in [2.24, 2.45) is 0 Å². The topological polar surface area (TPSA) is 84.1 Å². The number of nitrogens with two attached hydrogens (primary N) is 1. The molecule has 78 valence electrons. The lowest BCUT2D eigenvalue weighted by molar-refractivity contribution is 0.132. The molecule has 0 bridgehead atoms. The average molecular weight is 196 g/mol. The molecule has 1 atom stereocenters. The summed E-state index contributed by atoms with van der Waals surface area (Å²) in [5.41, 5.74) is 5.50. The molecule has 5 heteroatoms. The molecular weight excluding hydrogens is 180 g/mol. The third kappa shape index (κ3) is 2.56. The summed E-state index contributed by atoms with van der Waals surface area (Å²) in [5.74, 6) is 0.463. The van der Waals surface area contributed by atoms with E-state index in [1.807, 2.05) is 13.8 Å². The van der Waals surface area contributed by atoms with E-state index in [0.29, 0.717) is 11.6 Å². The lowest BCUT2D eigenvalue weighted by Gasteiger charge is -2.29. The zero-order valence-electron chi connectivity index (χ0n) is 8.65. The molecule has 0 saturated carbocycles. The number of aliphatic hydroxyl groups is 1. The summed E-state index contributed by atoms with van der Waals surface area (Å²) < 4.78 is 0. The summed E-state index contributed by atoms with van der Waals surface area (Å²) >= 11 is 0. The number of hydrogen-bond donors (Lipinski definition) is 3. The number of hydrogen-bond acceptors (Lipinski definition) is 5. The fourth-order valence-corrected chi connectivity index (χ4v) is 0.795. The number of rotatable bonds is 3. The Bertz CT molecular complexity index is 294. The molecular formula is C9H16N4O. The maximum Gasteiger partial charge on any atom is 0.223 e. The smallest absolute Gasteiger partial charge is 0.223 e. The minimum absolute atomic E-state index is 0.462. The molecule has 0 saturated heterocycles. The maximum absolute atomic E-state index is 9.45. The SMILES string of the molecule is CC(O)C(C)(C)Nc1ncc(N)cn1. The van der Waals surface area contributed by atoms with Crippen molar-refractivity contribution in [3.63, 3.8) is 0 Å². The molecule has 1 unspecified atom stereocenters. The normalized spacial score (nSPS) is 13.7. The predicted molar refractivity (Wildman–Crippen MR) is 55.8 cm³/mol. The second-order valence-corrected chi connectivity index (χ2v) is 3.86. The van der Waals surface area contributed by atoms with Crippen LogP contribution in [0.2, 0.25) is 0 Å². The van der Waals surface area contributed by atoms with Gasteiger partial charge in [-0.2, -0.15) is 0 Å². The van der Waals surface area contributed by atoms with Crippen LogP contribution < -0.4 is 11.1 Å². The van der Waals surface area contributed by atoms with Crippen molar-refractivity contribution in [2.45, 2.75) is 32.4 Å². The number of anilines is 2. The second-order valence-electron chi connectivity index (χ2n) is 3.86. The van der Waals surface area contributed by atoms with Crippen molar-refractivity contribution in [3.8, 4) is 0 Å². The summed E-state index contributed by atoms with van der Waals surface area (Å²) in [6.45, 7) is 5.46. The van der Waals surface area contributed by atoms with Crippen molar-refractivity contribution < 1.29 is 5.11 Å². The molecule has 0 radical (unpaired) electrons. The fourth-order valence-electron chi connectivity index (χ4n) is 0.795. The highest BCUT2D eigenvalue weighted by Gasteiger charge is 2.24. The first-order chi connectivity index (χ1) is 6.42. The summed E-state index contributed by atoms with van der Waals surface area (Å²) in [5, 5.41) is 12.5. The van der Waals surface area contributed by atoms with Crippen molar-refractivity contribution in [2.75, 3.05) is 11.1 Å². The highest BCUT2D eigenvalue weighted by molar-refractivity contribution is 5.37. The zero-order valence-corrected chi connectivity index (χ0v) is 8.65. The number of nitrogens with zero attached hydrogens (tertiary/aromatic N) is 2. The first kappa shape index (κ1) is 10.7. The van der Waals surface area contributed by atoms with Gasteiger partial charge in [-0.15, -0.1) is 0 Å². The van der Waals surface area contributed by atoms with Gasteiger partial charge in [-0.1, -0.05) is 0 Å². The largest absolute Gasteiger partial charge is 0.396 e. The van der Waals surface area contributed by atoms with Gasteiger partial charge < -0.3 is 16.2 Å². The minimum atomic E-state index is -0.497. The lowest BCUT2D eigenvalue weighted by atomic mass is 9.99. The fraction of sp³-hybridized carbons (Fsp3) is 0.556. The number of nitrogen functional groups attached to an aromatic ring is 1. The van der Waals surface area contributed by atoms with Crippen LogP contribution in [0, 0.1) is 0 Å². The Labute approximate surface area is 83.4 Å². The highest BCUT2D eigenvalue weighted by Crippen LogP contribution is 2.14. The quantitative estimate of drug-likeness (QED) is 0.660. The molecule has 1 rings (SSSR count). The Hall–Kier alpha value is -1.36. The Kier molecular flexibility index (Phi) is 2.90. The minimum Gasteiger partial charge on any atom is -0.396 e. The molecule has 0 spiro atoms. The van der Waals surface area contributed by atoms with E-state index in [4.69, 9.17) is 5.73 Å². The molecule has 1 aromatic heterocycles. The van der Waals surface area contributed by atoms with E-state index < -0.39 is 11.6 Å². The highest BCUT2D eigenvalue weighted by atomic mass is 16.3. The Balaban J connectivity index is 2.74. The first-order valence-corrected chi connectivity index (χ1v) is 4.45. The van der Waals surface area contributed by atoms with E-state index in [1.54, 1.807) is 6.92 Å². The van der Waals surface area contributed by atoms with Crippen molar-refractivity contribution in [1.82, 2.24) is 9.97 Å². The van der Waals surface area contributed by atoms with E-state index in [9.17, 15) is 5.11 Å². The van der Waals surface area contributed by atoms with Crippen LogP contribution in [0.15, 0.2) is 12.4 Å². The van der Waals surface area contributed by atoms with Crippen LogP contribution in [-0.4, -0.2) is 26.7 Å². The van der Waals surface area contributed by atoms with Gasteiger partial charge >= 0.3 is 0 Å². The molecule has 0 aliphatic carbocycles. The Morgan fingerprint density at radius 1 is 1.43 bits per heavy atom. The van der Waals surface area contributed by atoms with Crippen LogP contribution in [0.4, 0.5) is 11.6 Å². The van der Waals surface area contributed by atoms with Crippen molar-refractivity contribution in [1.29, 1.82) is 0 Å². The molecule has 5 nitrogen and oxygen atoms in total. The van der Waals surface area contributed by atoms with E-state index in [2.05, 4.69) is 15.3 Å². The van der Waals surface area contributed by atoms with Crippen LogP contribution in [0.5, 0.6) is 0 Å². The molecule has 4 N–H and O–H groups in total. The van der Waals surface area contributed by atoms with E-state index >= 15 is 0 Å². The van der Waals surface area contributed by atoms with E-state index in [1.165, 1.54) is 12.4 Å². The van der Waals surface area contributed by atoms with Crippen LogP contribution in [-0.2, 0) is 0 Å². The molecule has 1 aromatic rings. The zero-order chi connectivity index (χ0) is 10.8. The molecule has 0 amide bonds. The molecule has 0 aliphatic rings. The molecule has 14 heavy (non-hydrogen) atoms. The summed E-state index contributed by atoms with van der Waals surface area (Å²) in [6.07, 6.45) is 2.55.